The van der Waals surface area contributed by atoms with Gasteiger partial charge in [-0.15, -0.1) is 0 Å². The molecule has 2 N–H and O–H groups in total. The van der Waals surface area contributed by atoms with Gasteiger partial charge in [0.15, 0.2) is 12.4 Å². The van der Waals surface area contributed by atoms with Crippen LogP contribution >= 0.6 is 11.6 Å². The predicted molar refractivity (Wildman–Crippen MR) is 124 cm³/mol. The zero-order valence-electron chi connectivity index (χ0n) is 18.0. The van der Waals surface area contributed by atoms with E-state index in [9.17, 15) is 14.4 Å². The van der Waals surface area contributed by atoms with Gasteiger partial charge in [-0.2, -0.15) is 0 Å². The first-order valence-electron chi connectivity index (χ1n) is 10.3. The van der Waals surface area contributed by atoms with Crippen molar-refractivity contribution in [3.8, 4) is 11.5 Å². The first kappa shape index (κ1) is 23.8. The van der Waals surface area contributed by atoms with Gasteiger partial charge < -0.3 is 9.47 Å². The van der Waals surface area contributed by atoms with Gasteiger partial charge in [0.25, 0.3) is 11.8 Å². The monoisotopic (exact) mass is 466 g/mol. The summed E-state index contributed by atoms with van der Waals surface area (Å²) in [6.45, 7) is 1.84. The summed E-state index contributed by atoms with van der Waals surface area (Å²) in [5.74, 6) is 0.183. The number of hydrazine groups is 1. The average molecular weight is 467 g/mol. The number of ether oxygens (including phenoxy) is 2. The van der Waals surface area contributed by atoms with Crippen molar-refractivity contribution in [1.82, 2.24) is 10.9 Å². The van der Waals surface area contributed by atoms with Crippen molar-refractivity contribution < 1.29 is 23.9 Å². The molecule has 2 amide bonds. The van der Waals surface area contributed by atoms with Crippen LogP contribution < -0.4 is 20.3 Å². The molecule has 0 aliphatic rings. The number of halogens is 1. The third kappa shape index (κ3) is 7.36. The molecule has 0 radical (unpaired) electrons. The standard InChI is InChI=1S/C25H23ClN2O5/c1-2-23(29)18-7-11-21(12-8-18)33-16-24(30)27-28-25(31)19-5-3-17(4-6-19)15-32-22-13-9-20(26)10-14-22/h3-14H,2,15-16H2,1H3,(H,27,30)(H,28,31). The summed E-state index contributed by atoms with van der Waals surface area (Å²) in [5.41, 5.74) is 6.49. The number of nitrogens with one attached hydrogen (secondary N) is 2. The molecule has 170 valence electrons. The second-order valence-corrected chi connectivity index (χ2v) is 7.47. The Morgan fingerprint density at radius 3 is 1.97 bits per heavy atom. The summed E-state index contributed by atoms with van der Waals surface area (Å²) < 4.78 is 11.0. The number of rotatable bonds is 9. The van der Waals surface area contributed by atoms with Gasteiger partial charge >= 0.3 is 0 Å². The maximum Gasteiger partial charge on any atom is 0.276 e. The molecule has 0 aliphatic heterocycles. The lowest BCUT2D eigenvalue weighted by molar-refractivity contribution is -0.123. The van der Waals surface area contributed by atoms with Crippen LogP contribution in [0.3, 0.4) is 0 Å². The Hall–Kier alpha value is -3.84. The van der Waals surface area contributed by atoms with Crippen LogP contribution in [-0.4, -0.2) is 24.2 Å². The lowest BCUT2D eigenvalue weighted by Gasteiger charge is -2.10. The molecule has 0 unspecified atom stereocenters. The van der Waals surface area contributed by atoms with Gasteiger partial charge in [-0.1, -0.05) is 30.7 Å². The molecule has 8 heteroatoms. The summed E-state index contributed by atoms with van der Waals surface area (Å²) in [4.78, 5) is 35.8. The first-order valence-corrected chi connectivity index (χ1v) is 10.6. The topological polar surface area (TPSA) is 93.7 Å². The van der Waals surface area contributed by atoms with Crippen molar-refractivity contribution in [2.24, 2.45) is 0 Å². The largest absolute Gasteiger partial charge is 0.489 e. The maximum atomic E-state index is 12.2. The second kappa shape index (κ2) is 11.7. The Morgan fingerprint density at radius 1 is 0.758 bits per heavy atom. The van der Waals surface area contributed by atoms with E-state index in [1.165, 1.54) is 0 Å². The number of hydrogen-bond donors (Lipinski definition) is 2. The molecule has 3 aromatic rings. The third-order valence-electron chi connectivity index (χ3n) is 4.62. The van der Waals surface area contributed by atoms with Crippen molar-refractivity contribution in [2.45, 2.75) is 20.0 Å². The zero-order chi connectivity index (χ0) is 23.6. The molecule has 3 aromatic carbocycles. The smallest absolute Gasteiger partial charge is 0.276 e. The molecule has 7 nitrogen and oxygen atoms in total. The fourth-order valence-electron chi connectivity index (χ4n) is 2.77. The number of carbonyl (C=O) groups is 3. The van der Waals surface area contributed by atoms with Crippen LogP contribution in [0.5, 0.6) is 11.5 Å². The maximum absolute atomic E-state index is 12.2. The molecule has 3 rings (SSSR count). The van der Waals surface area contributed by atoms with Crippen LogP contribution in [0.25, 0.3) is 0 Å². The van der Waals surface area contributed by atoms with Crippen molar-refractivity contribution in [3.63, 3.8) is 0 Å². The fourth-order valence-corrected chi connectivity index (χ4v) is 2.90. The van der Waals surface area contributed by atoms with E-state index in [-0.39, 0.29) is 12.4 Å². The van der Waals surface area contributed by atoms with E-state index < -0.39 is 11.8 Å². The second-order valence-electron chi connectivity index (χ2n) is 7.03. The molecule has 0 saturated heterocycles. The van der Waals surface area contributed by atoms with Gasteiger partial charge in [0.1, 0.15) is 18.1 Å². The van der Waals surface area contributed by atoms with Gasteiger partial charge in [-0.3, -0.25) is 25.2 Å². The normalized spacial score (nSPS) is 10.2. The molecule has 0 saturated carbocycles. The highest BCUT2D eigenvalue weighted by atomic mass is 35.5. The summed E-state index contributed by atoms with van der Waals surface area (Å²) >= 11 is 5.85. The van der Waals surface area contributed by atoms with E-state index in [0.717, 1.165) is 5.56 Å². The molecule has 33 heavy (non-hydrogen) atoms. The Morgan fingerprint density at radius 2 is 1.33 bits per heavy atom. The van der Waals surface area contributed by atoms with E-state index in [1.54, 1.807) is 79.7 Å². The lowest BCUT2D eigenvalue weighted by atomic mass is 10.1. The molecule has 0 atom stereocenters. The molecule has 0 spiro atoms. The molecule has 0 bridgehead atoms. The van der Waals surface area contributed by atoms with Crippen LogP contribution in [0.1, 0.15) is 39.6 Å². The number of carbonyl (C=O) groups excluding carboxylic acids is 3. The third-order valence-corrected chi connectivity index (χ3v) is 4.87. The van der Waals surface area contributed by atoms with E-state index in [1.807, 2.05) is 0 Å². The van der Waals surface area contributed by atoms with Gasteiger partial charge in [0.05, 0.1) is 0 Å². The molecule has 0 aliphatic carbocycles. The number of ketones is 1. The summed E-state index contributed by atoms with van der Waals surface area (Å²) in [6.07, 6.45) is 0.419. The van der Waals surface area contributed by atoms with Gasteiger partial charge in [0.2, 0.25) is 0 Å². The van der Waals surface area contributed by atoms with Gasteiger partial charge in [-0.05, 0) is 66.2 Å². The Balaban J connectivity index is 1.40. The Bertz CT molecular complexity index is 1100. The Labute approximate surface area is 196 Å². The number of amides is 2. The predicted octanol–water partition coefficient (Wildman–Crippen LogP) is 4.35. The highest BCUT2D eigenvalue weighted by Crippen LogP contribution is 2.17. The first-order chi connectivity index (χ1) is 15.9. The van der Waals surface area contributed by atoms with E-state index in [0.29, 0.717) is 40.7 Å². The van der Waals surface area contributed by atoms with Gasteiger partial charge in [0, 0.05) is 22.6 Å². The zero-order valence-corrected chi connectivity index (χ0v) is 18.7. The quantitative estimate of drug-likeness (QED) is 0.361. The minimum absolute atomic E-state index is 0.0316. The summed E-state index contributed by atoms with van der Waals surface area (Å²) in [6, 6.07) is 20.4. The van der Waals surface area contributed by atoms with Crippen molar-refractivity contribution in [3.05, 3.63) is 94.5 Å². The van der Waals surface area contributed by atoms with Crippen molar-refractivity contribution in [1.29, 1.82) is 0 Å². The minimum Gasteiger partial charge on any atom is -0.489 e. The van der Waals surface area contributed by atoms with Crippen LogP contribution in [0.2, 0.25) is 5.02 Å². The minimum atomic E-state index is -0.523. The lowest BCUT2D eigenvalue weighted by Crippen LogP contribution is -2.43. The highest BCUT2D eigenvalue weighted by molar-refractivity contribution is 6.30. The Kier molecular flexibility index (Phi) is 8.43. The fraction of sp³-hybridized carbons (Fsp3) is 0.160. The number of hydrogen-bond acceptors (Lipinski definition) is 5. The molecular weight excluding hydrogens is 444 g/mol. The van der Waals surface area contributed by atoms with Crippen LogP contribution in [0.4, 0.5) is 0 Å². The number of Topliss-reactive ketones (excluding diaryl/α,β-unsaturated/α-hetero) is 1. The van der Waals surface area contributed by atoms with E-state index in [4.69, 9.17) is 21.1 Å². The SMILES string of the molecule is CCC(=O)c1ccc(OCC(=O)NNC(=O)c2ccc(COc3ccc(Cl)cc3)cc2)cc1. The van der Waals surface area contributed by atoms with Crippen LogP contribution in [-0.2, 0) is 11.4 Å². The molecule has 0 fully saturated rings. The van der Waals surface area contributed by atoms with E-state index >= 15 is 0 Å². The van der Waals surface area contributed by atoms with Crippen LogP contribution in [0, 0.1) is 0 Å². The van der Waals surface area contributed by atoms with Crippen molar-refractivity contribution >= 4 is 29.2 Å². The van der Waals surface area contributed by atoms with Gasteiger partial charge in [-0.25, -0.2) is 0 Å². The molecular formula is C25H23ClN2O5. The highest BCUT2D eigenvalue weighted by Gasteiger charge is 2.09. The number of benzene rings is 3. The average Bonchev–Trinajstić information content (AvgIpc) is 2.85. The molecule has 0 aromatic heterocycles. The van der Waals surface area contributed by atoms with Crippen molar-refractivity contribution in [2.75, 3.05) is 6.61 Å². The summed E-state index contributed by atoms with van der Waals surface area (Å²) in [5, 5.41) is 0.634. The summed E-state index contributed by atoms with van der Waals surface area (Å²) in [7, 11) is 0. The molecule has 0 heterocycles. The van der Waals surface area contributed by atoms with E-state index in [2.05, 4.69) is 10.9 Å². The van der Waals surface area contributed by atoms with Crippen LogP contribution in [0.15, 0.2) is 72.8 Å².